The molecule has 2 fully saturated rings. The van der Waals surface area contributed by atoms with Crippen LogP contribution in [0, 0.1) is 0 Å². The van der Waals surface area contributed by atoms with Crippen LogP contribution in [0.25, 0.3) is 0 Å². The van der Waals surface area contributed by atoms with Crippen molar-refractivity contribution in [2.45, 2.75) is 95.5 Å². The van der Waals surface area contributed by atoms with Crippen molar-refractivity contribution < 1.29 is 28.4 Å². The predicted octanol–water partition coefficient (Wildman–Crippen LogP) is 2.83. The molecule has 0 radical (unpaired) electrons. The van der Waals surface area contributed by atoms with Crippen molar-refractivity contribution in [3.8, 4) is 0 Å². The highest BCUT2D eigenvalue weighted by atomic mass is 16.7. The second kappa shape index (κ2) is 12.3. The van der Waals surface area contributed by atoms with Crippen molar-refractivity contribution in [2.75, 3.05) is 20.3 Å². The zero-order valence-corrected chi connectivity index (χ0v) is 21.8. The van der Waals surface area contributed by atoms with Crippen molar-refractivity contribution in [3.63, 3.8) is 0 Å². The first-order valence-corrected chi connectivity index (χ1v) is 12.7. The van der Waals surface area contributed by atoms with E-state index in [-0.39, 0.29) is 24.4 Å². The number of aryl methyl sites for hydroxylation is 1. The number of methoxy groups -OCH3 is 1. The van der Waals surface area contributed by atoms with Crippen LogP contribution in [-0.4, -0.2) is 68.5 Å². The second-order valence-electron chi connectivity index (χ2n) is 10.5. The van der Waals surface area contributed by atoms with E-state index in [9.17, 15) is 9.59 Å². The molecule has 2 N–H and O–H groups in total. The minimum atomic E-state index is -0.836. The number of ether oxygens (including phenoxy) is 2. The van der Waals surface area contributed by atoms with Gasteiger partial charge in [-0.1, -0.05) is 30.3 Å². The van der Waals surface area contributed by atoms with E-state index in [1.807, 2.05) is 45.9 Å². The molecule has 0 aromatic heterocycles. The second-order valence-corrected chi connectivity index (χ2v) is 10.5. The monoisotopic (exact) mass is 488 g/mol. The molecule has 1 aromatic rings. The third-order valence-corrected chi connectivity index (χ3v) is 7.19. The maximum absolute atomic E-state index is 13.3. The normalized spacial score (nSPS) is 22.9. The van der Waals surface area contributed by atoms with Crippen LogP contribution < -0.4 is 10.6 Å². The van der Waals surface area contributed by atoms with Crippen molar-refractivity contribution in [2.24, 2.45) is 0 Å². The van der Waals surface area contributed by atoms with E-state index >= 15 is 0 Å². The average molecular weight is 488 g/mol. The van der Waals surface area contributed by atoms with Crippen LogP contribution in [0.3, 0.4) is 0 Å². The van der Waals surface area contributed by atoms with Gasteiger partial charge in [-0.3, -0.25) is 9.59 Å². The minimum Gasteiger partial charge on any atom is -0.402 e. The molecule has 0 unspecified atom stereocenters. The van der Waals surface area contributed by atoms with Gasteiger partial charge in [0.05, 0.1) is 23.8 Å². The molecule has 3 rings (SSSR count). The summed E-state index contributed by atoms with van der Waals surface area (Å²) in [6.45, 7) is 8.60. The Balaban J connectivity index is 1.67. The number of hydrogen-bond donors (Lipinski definition) is 2. The molecule has 2 aliphatic heterocycles. The molecule has 2 saturated heterocycles. The van der Waals surface area contributed by atoms with Crippen LogP contribution in [0.1, 0.15) is 65.4 Å². The molecule has 3 atom stereocenters. The van der Waals surface area contributed by atoms with E-state index in [0.29, 0.717) is 19.4 Å². The topological polar surface area (TPSA) is 95.1 Å². The van der Waals surface area contributed by atoms with Gasteiger partial charge in [-0.05, 0) is 71.8 Å². The van der Waals surface area contributed by atoms with Crippen LogP contribution in [0.5, 0.6) is 0 Å². The Kier molecular flexibility index (Phi) is 9.75. The Morgan fingerprint density at radius 2 is 1.77 bits per heavy atom. The number of nitrogens with one attached hydrogen (secondary N) is 2. The van der Waals surface area contributed by atoms with Gasteiger partial charge in [-0.2, -0.15) is 0 Å². The van der Waals surface area contributed by atoms with Crippen molar-refractivity contribution in [1.82, 2.24) is 10.6 Å². The van der Waals surface area contributed by atoms with Gasteiger partial charge in [0, 0.05) is 13.7 Å². The summed E-state index contributed by atoms with van der Waals surface area (Å²) in [5, 5.41) is 5.90. The van der Waals surface area contributed by atoms with Gasteiger partial charge in [0.2, 0.25) is 11.8 Å². The predicted molar refractivity (Wildman–Crippen MR) is 135 cm³/mol. The fourth-order valence-corrected chi connectivity index (χ4v) is 4.35. The summed E-state index contributed by atoms with van der Waals surface area (Å²) in [6, 6.07) is 9.41. The molecule has 1 aromatic carbocycles. The molecule has 2 heterocycles. The number of amides is 2. The van der Waals surface area contributed by atoms with E-state index < -0.39 is 30.5 Å². The first-order valence-electron chi connectivity index (χ1n) is 12.7. The zero-order chi connectivity index (χ0) is 25.5. The molecule has 0 spiro atoms. The number of hydrogen-bond acceptors (Lipinski definition) is 6. The maximum atomic E-state index is 13.3. The molecule has 194 valence electrons. The summed E-state index contributed by atoms with van der Waals surface area (Å²) in [6.07, 6.45) is 4.40. The van der Waals surface area contributed by atoms with E-state index in [4.69, 9.17) is 18.8 Å². The largest absolute Gasteiger partial charge is 0.481 e. The summed E-state index contributed by atoms with van der Waals surface area (Å²) in [5.41, 5.74) is 0.209. The standard InChI is InChI=1S/C26H41BN2O6/c1-25(2)26(3,4)35-27(34-25)22(16-11-14-19-12-7-6-8-13-19)29-23(30)20(18-32-5)28-24(31)21-15-9-10-17-33-21/h6-8,12-13,20-22H,9-11,14-18H2,1-5H3,(H,28,31)(H,29,30)/t20-,21+,22+/m1/s1. The first kappa shape index (κ1) is 27.6. The van der Waals surface area contributed by atoms with E-state index in [1.54, 1.807) is 0 Å². The lowest BCUT2D eigenvalue weighted by Crippen LogP contribution is -2.57. The maximum Gasteiger partial charge on any atom is 0.481 e. The minimum absolute atomic E-state index is 0.0599. The van der Waals surface area contributed by atoms with Crippen molar-refractivity contribution in [3.05, 3.63) is 35.9 Å². The smallest absolute Gasteiger partial charge is 0.402 e. The summed E-state index contributed by atoms with van der Waals surface area (Å²) in [7, 11) is 0.912. The average Bonchev–Trinajstić information content (AvgIpc) is 3.05. The van der Waals surface area contributed by atoms with Gasteiger partial charge in [0.25, 0.3) is 0 Å². The van der Waals surface area contributed by atoms with Crippen LogP contribution in [-0.2, 0) is 34.8 Å². The number of carbonyl (C=O) groups is 2. The van der Waals surface area contributed by atoms with Gasteiger partial charge in [-0.25, -0.2) is 0 Å². The molecule has 8 nitrogen and oxygen atoms in total. The highest BCUT2D eigenvalue weighted by molar-refractivity contribution is 6.48. The molecule has 9 heteroatoms. The third-order valence-electron chi connectivity index (χ3n) is 7.19. The lowest BCUT2D eigenvalue weighted by Gasteiger charge is -2.32. The first-order chi connectivity index (χ1) is 16.6. The lowest BCUT2D eigenvalue weighted by molar-refractivity contribution is -0.139. The number of benzene rings is 1. The Morgan fingerprint density at radius 3 is 2.37 bits per heavy atom. The molecule has 2 amide bonds. The summed E-state index contributed by atoms with van der Waals surface area (Å²) in [4.78, 5) is 26.0. The van der Waals surface area contributed by atoms with Crippen LogP contribution in [0.4, 0.5) is 0 Å². The molecule has 2 aliphatic rings. The lowest BCUT2D eigenvalue weighted by atomic mass is 9.75. The van der Waals surface area contributed by atoms with Gasteiger partial charge in [-0.15, -0.1) is 0 Å². The van der Waals surface area contributed by atoms with Crippen molar-refractivity contribution in [1.29, 1.82) is 0 Å². The molecular formula is C26H41BN2O6. The Bertz CT molecular complexity index is 812. The van der Waals surface area contributed by atoms with Crippen molar-refractivity contribution >= 4 is 18.9 Å². The van der Waals surface area contributed by atoms with Crippen LogP contribution in [0.2, 0.25) is 0 Å². The van der Waals surface area contributed by atoms with Gasteiger partial charge in [0.15, 0.2) is 0 Å². The van der Waals surface area contributed by atoms with Crippen LogP contribution >= 0.6 is 0 Å². The van der Waals surface area contributed by atoms with E-state index in [1.165, 1.54) is 12.7 Å². The fourth-order valence-electron chi connectivity index (χ4n) is 4.35. The highest BCUT2D eigenvalue weighted by Crippen LogP contribution is 2.38. The molecule has 35 heavy (non-hydrogen) atoms. The molecule has 0 bridgehead atoms. The molecule has 0 aliphatic carbocycles. The quantitative estimate of drug-likeness (QED) is 0.466. The third kappa shape index (κ3) is 7.52. The van der Waals surface area contributed by atoms with Crippen LogP contribution in [0.15, 0.2) is 30.3 Å². The van der Waals surface area contributed by atoms with Gasteiger partial charge in [0.1, 0.15) is 12.1 Å². The number of rotatable bonds is 11. The summed E-state index contributed by atoms with van der Waals surface area (Å²) < 4.78 is 23.4. The Morgan fingerprint density at radius 1 is 1.09 bits per heavy atom. The molecular weight excluding hydrogens is 447 g/mol. The Hall–Kier alpha value is -1.94. The zero-order valence-electron chi connectivity index (χ0n) is 21.8. The molecule has 0 saturated carbocycles. The highest BCUT2D eigenvalue weighted by Gasteiger charge is 2.54. The fraction of sp³-hybridized carbons (Fsp3) is 0.692. The number of carbonyl (C=O) groups excluding carboxylic acids is 2. The van der Waals surface area contributed by atoms with E-state index in [0.717, 1.165) is 25.7 Å². The van der Waals surface area contributed by atoms with Gasteiger partial charge >= 0.3 is 7.12 Å². The van der Waals surface area contributed by atoms with Gasteiger partial charge < -0.3 is 29.4 Å². The Labute approximate surface area is 209 Å². The van der Waals surface area contributed by atoms with E-state index in [2.05, 4.69) is 22.8 Å². The SMILES string of the molecule is COC[C@@H](NC(=O)[C@@H]1CCCCO1)C(=O)N[C@@H](CCCc1ccccc1)B1OC(C)(C)C(C)(C)O1. The summed E-state index contributed by atoms with van der Waals surface area (Å²) in [5.74, 6) is -0.983. The summed E-state index contributed by atoms with van der Waals surface area (Å²) >= 11 is 0.